The summed E-state index contributed by atoms with van der Waals surface area (Å²) in [6.07, 6.45) is 0.623. The van der Waals surface area contributed by atoms with E-state index in [2.05, 4.69) is 0 Å². The summed E-state index contributed by atoms with van der Waals surface area (Å²) in [5, 5.41) is 0. The molecule has 2 aromatic carbocycles. The molecule has 0 fully saturated rings. The van der Waals surface area contributed by atoms with Crippen molar-refractivity contribution < 1.29 is 23.4 Å². The van der Waals surface area contributed by atoms with E-state index in [-0.39, 0.29) is 11.7 Å². The highest BCUT2D eigenvalue weighted by atomic mass is 19.1. The summed E-state index contributed by atoms with van der Waals surface area (Å²) in [5.74, 6) is 0.733. The van der Waals surface area contributed by atoms with Gasteiger partial charge in [0.2, 0.25) is 5.75 Å². The third kappa shape index (κ3) is 4.21. The van der Waals surface area contributed by atoms with E-state index in [1.54, 1.807) is 36.2 Å². The fourth-order valence-corrected chi connectivity index (χ4v) is 2.52. The van der Waals surface area contributed by atoms with E-state index in [9.17, 15) is 9.18 Å². The zero-order chi connectivity index (χ0) is 18.4. The van der Waals surface area contributed by atoms with E-state index < -0.39 is 0 Å². The number of hydrogen-bond acceptors (Lipinski definition) is 4. The Balaban J connectivity index is 2.17. The maximum absolute atomic E-state index is 13.0. The minimum Gasteiger partial charge on any atom is -0.493 e. The van der Waals surface area contributed by atoms with Crippen molar-refractivity contribution in [2.75, 3.05) is 34.9 Å². The molecule has 1 amide bonds. The third-order valence-corrected chi connectivity index (χ3v) is 3.93. The number of nitrogens with zero attached hydrogens (tertiary/aromatic N) is 1. The molecule has 0 bridgehead atoms. The van der Waals surface area contributed by atoms with Crippen LogP contribution in [0.1, 0.15) is 15.9 Å². The van der Waals surface area contributed by atoms with E-state index in [1.165, 1.54) is 33.5 Å². The molecular weight excluding hydrogens is 325 g/mol. The number of hydrogen-bond donors (Lipinski definition) is 0. The maximum atomic E-state index is 13.0. The summed E-state index contributed by atoms with van der Waals surface area (Å²) >= 11 is 0. The predicted molar refractivity (Wildman–Crippen MR) is 93.2 cm³/mol. The largest absolute Gasteiger partial charge is 0.493 e. The SMILES string of the molecule is COc1ccc(C(=O)N(C)CCc2ccc(F)cc2)c(OC)c1OC. The van der Waals surface area contributed by atoms with Gasteiger partial charge in [0.25, 0.3) is 5.91 Å². The number of benzene rings is 2. The molecule has 0 radical (unpaired) electrons. The van der Waals surface area contributed by atoms with Crippen LogP contribution >= 0.6 is 0 Å². The van der Waals surface area contributed by atoms with Crippen LogP contribution in [0.2, 0.25) is 0 Å². The highest BCUT2D eigenvalue weighted by Gasteiger charge is 2.22. The van der Waals surface area contributed by atoms with Crippen molar-refractivity contribution >= 4 is 5.91 Å². The number of ether oxygens (including phenoxy) is 3. The number of methoxy groups -OCH3 is 3. The Morgan fingerprint density at radius 1 is 0.960 bits per heavy atom. The van der Waals surface area contributed by atoms with Gasteiger partial charge in [-0.1, -0.05) is 12.1 Å². The molecule has 2 aromatic rings. The molecule has 25 heavy (non-hydrogen) atoms. The summed E-state index contributed by atoms with van der Waals surface area (Å²) in [7, 11) is 6.20. The van der Waals surface area contributed by atoms with Gasteiger partial charge in [0.1, 0.15) is 5.82 Å². The number of rotatable bonds is 7. The topological polar surface area (TPSA) is 48.0 Å². The summed E-state index contributed by atoms with van der Waals surface area (Å²) in [5.41, 5.74) is 1.35. The lowest BCUT2D eigenvalue weighted by Gasteiger charge is -2.20. The number of carbonyl (C=O) groups excluding carboxylic acids is 1. The van der Waals surface area contributed by atoms with Crippen LogP contribution < -0.4 is 14.2 Å². The number of likely N-dealkylation sites (N-methyl/N-ethyl adjacent to an activating group) is 1. The first-order valence-corrected chi connectivity index (χ1v) is 7.80. The Kier molecular flexibility index (Phi) is 6.22. The molecular formula is C19H22FNO4. The minimum atomic E-state index is -0.275. The van der Waals surface area contributed by atoms with Crippen molar-refractivity contribution in [2.24, 2.45) is 0 Å². The van der Waals surface area contributed by atoms with Crippen molar-refractivity contribution in [3.8, 4) is 17.2 Å². The molecule has 134 valence electrons. The van der Waals surface area contributed by atoms with Gasteiger partial charge in [-0.25, -0.2) is 4.39 Å². The van der Waals surface area contributed by atoms with Gasteiger partial charge in [0.15, 0.2) is 11.5 Å². The van der Waals surface area contributed by atoms with Crippen LogP contribution in [0.4, 0.5) is 4.39 Å². The van der Waals surface area contributed by atoms with Crippen LogP contribution in [0.5, 0.6) is 17.2 Å². The first-order chi connectivity index (χ1) is 12.0. The molecule has 0 unspecified atom stereocenters. The fraction of sp³-hybridized carbons (Fsp3) is 0.316. The van der Waals surface area contributed by atoms with Gasteiger partial charge in [-0.3, -0.25) is 4.79 Å². The smallest absolute Gasteiger partial charge is 0.257 e. The van der Waals surface area contributed by atoms with Crippen molar-refractivity contribution in [1.82, 2.24) is 4.90 Å². The summed E-state index contributed by atoms with van der Waals surface area (Å²) in [4.78, 5) is 14.3. The predicted octanol–water partition coefficient (Wildman–Crippen LogP) is 3.17. The Bertz CT molecular complexity index is 731. The summed E-state index contributed by atoms with van der Waals surface area (Å²) in [6, 6.07) is 9.57. The second kappa shape index (κ2) is 8.37. The van der Waals surface area contributed by atoms with E-state index in [0.29, 0.717) is 35.8 Å². The molecule has 0 atom stereocenters. The van der Waals surface area contributed by atoms with Crippen LogP contribution in [0, 0.1) is 5.82 Å². The van der Waals surface area contributed by atoms with Crippen LogP contribution in [-0.4, -0.2) is 45.7 Å². The molecule has 0 N–H and O–H groups in total. The summed E-state index contributed by atoms with van der Waals surface area (Å²) < 4.78 is 28.9. The van der Waals surface area contributed by atoms with Gasteiger partial charge in [-0.2, -0.15) is 0 Å². The normalized spacial score (nSPS) is 10.3. The fourth-order valence-electron chi connectivity index (χ4n) is 2.52. The highest BCUT2D eigenvalue weighted by molar-refractivity contribution is 5.98. The van der Waals surface area contributed by atoms with Crippen LogP contribution in [0.15, 0.2) is 36.4 Å². The molecule has 0 aliphatic rings. The first-order valence-electron chi connectivity index (χ1n) is 7.80. The van der Waals surface area contributed by atoms with Gasteiger partial charge in [0.05, 0.1) is 26.9 Å². The van der Waals surface area contributed by atoms with Crippen molar-refractivity contribution in [2.45, 2.75) is 6.42 Å². The number of amides is 1. The second-order valence-corrected chi connectivity index (χ2v) is 5.49. The molecule has 0 aliphatic heterocycles. The van der Waals surface area contributed by atoms with E-state index in [1.807, 2.05) is 0 Å². The van der Waals surface area contributed by atoms with Crippen LogP contribution in [0.25, 0.3) is 0 Å². The van der Waals surface area contributed by atoms with Gasteiger partial charge in [-0.05, 0) is 36.2 Å². The van der Waals surface area contributed by atoms with E-state index >= 15 is 0 Å². The highest BCUT2D eigenvalue weighted by Crippen LogP contribution is 2.40. The lowest BCUT2D eigenvalue weighted by atomic mass is 10.1. The Morgan fingerprint density at radius 3 is 2.16 bits per heavy atom. The molecule has 0 saturated heterocycles. The van der Waals surface area contributed by atoms with Crippen molar-refractivity contribution in [3.63, 3.8) is 0 Å². The van der Waals surface area contributed by atoms with Crippen molar-refractivity contribution in [1.29, 1.82) is 0 Å². The zero-order valence-corrected chi connectivity index (χ0v) is 14.8. The lowest BCUT2D eigenvalue weighted by Crippen LogP contribution is -2.29. The van der Waals surface area contributed by atoms with Gasteiger partial charge < -0.3 is 19.1 Å². The van der Waals surface area contributed by atoms with Gasteiger partial charge >= 0.3 is 0 Å². The standard InChI is InChI=1S/C19H22FNO4/c1-21(12-11-13-5-7-14(20)8-6-13)19(22)15-9-10-16(23-2)18(25-4)17(15)24-3/h5-10H,11-12H2,1-4H3. The number of carbonyl (C=O) groups is 1. The number of halogens is 1. The van der Waals surface area contributed by atoms with E-state index in [0.717, 1.165) is 5.56 Å². The lowest BCUT2D eigenvalue weighted by molar-refractivity contribution is 0.0792. The van der Waals surface area contributed by atoms with Gasteiger partial charge in [-0.15, -0.1) is 0 Å². The average molecular weight is 347 g/mol. The molecule has 2 rings (SSSR count). The summed E-state index contributed by atoms with van der Waals surface area (Å²) in [6.45, 7) is 0.488. The molecule has 0 heterocycles. The quantitative estimate of drug-likeness (QED) is 0.772. The van der Waals surface area contributed by atoms with Crippen LogP contribution in [0.3, 0.4) is 0 Å². The van der Waals surface area contributed by atoms with E-state index in [4.69, 9.17) is 14.2 Å². The second-order valence-electron chi connectivity index (χ2n) is 5.49. The third-order valence-electron chi connectivity index (χ3n) is 3.93. The Morgan fingerprint density at radius 2 is 1.60 bits per heavy atom. The molecule has 0 aromatic heterocycles. The van der Waals surface area contributed by atoms with Crippen molar-refractivity contribution in [3.05, 3.63) is 53.3 Å². The molecule has 6 heteroatoms. The van der Waals surface area contributed by atoms with Crippen LogP contribution in [-0.2, 0) is 6.42 Å². The average Bonchev–Trinajstić information content (AvgIpc) is 2.65. The zero-order valence-electron chi connectivity index (χ0n) is 14.8. The molecule has 5 nitrogen and oxygen atoms in total. The van der Waals surface area contributed by atoms with Gasteiger partial charge in [0, 0.05) is 13.6 Å². The Hall–Kier alpha value is -2.76. The monoisotopic (exact) mass is 347 g/mol. The molecule has 0 aliphatic carbocycles. The molecule has 0 saturated carbocycles. The maximum Gasteiger partial charge on any atom is 0.257 e. The minimum absolute atomic E-state index is 0.195. The molecule has 0 spiro atoms. The first kappa shape index (κ1) is 18.6. The Labute approximate surface area is 146 Å².